The largest absolute Gasteiger partial charge is 0.410 e. The predicted octanol–water partition coefficient (Wildman–Crippen LogP) is 3.26. The molecule has 0 saturated carbocycles. The average molecular weight is 301 g/mol. The minimum absolute atomic E-state index is 0.0580. The van der Waals surface area contributed by atoms with Crippen molar-refractivity contribution in [3.63, 3.8) is 0 Å². The molecule has 0 aliphatic rings. The van der Waals surface area contributed by atoms with Crippen LogP contribution in [0.4, 0.5) is 13.2 Å². The van der Waals surface area contributed by atoms with Gasteiger partial charge in [-0.05, 0) is 25.1 Å². The molecule has 2 N–H and O–H groups in total. The van der Waals surface area contributed by atoms with Gasteiger partial charge in [0.15, 0.2) is 0 Å². The molecule has 1 aromatic rings. The van der Waals surface area contributed by atoms with Crippen molar-refractivity contribution >= 4 is 29.1 Å². The number of benzene rings is 1. The van der Waals surface area contributed by atoms with E-state index in [0.717, 1.165) is 6.92 Å². The second-order valence-electron chi connectivity index (χ2n) is 3.55. The zero-order valence-electron chi connectivity index (χ0n) is 9.13. The number of nitrogens with zero attached hydrogens (tertiary/aromatic N) is 1. The lowest BCUT2D eigenvalue weighted by Gasteiger charge is -2.26. The van der Waals surface area contributed by atoms with E-state index in [9.17, 15) is 18.0 Å². The van der Waals surface area contributed by atoms with Gasteiger partial charge in [0.25, 0.3) is 5.91 Å². The standard InChI is InChI=1S/C10H9Cl2F3N2O/c1-5(10(13,14)15)17(16)9(18)7-3-2-6(11)4-8(7)12/h2-5H,16H2,1H3. The second kappa shape index (κ2) is 5.34. The number of hydrogen-bond donors (Lipinski definition) is 1. The average Bonchev–Trinajstić information content (AvgIpc) is 2.25. The third-order valence-corrected chi connectivity index (χ3v) is 2.83. The topological polar surface area (TPSA) is 46.3 Å². The van der Waals surface area contributed by atoms with Crippen LogP contribution in [0.15, 0.2) is 18.2 Å². The molecule has 0 fully saturated rings. The molecule has 3 nitrogen and oxygen atoms in total. The summed E-state index contributed by atoms with van der Waals surface area (Å²) in [4.78, 5) is 11.7. The molecule has 1 unspecified atom stereocenters. The van der Waals surface area contributed by atoms with E-state index >= 15 is 0 Å². The van der Waals surface area contributed by atoms with Gasteiger partial charge < -0.3 is 0 Å². The molecule has 18 heavy (non-hydrogen) atoms. The predicted molar refractivity (Wildman–Crippen MR) is 62.3 cm³/mol. The Hall–Kier alpha value is -0.980. The van der Waals surface area contributed by atoms with Gasteiger partial charge in [0.1, 0.15) is 6.04 Å². The third kappa shape index (κ3) is 3.28. The van der Waals surface area contributed by atoms with Crippen molar-refractivity contribution < 1.29 is 18.0 Å². The van der Waals surface area contributed by atoms with E-state index in [-0.39, 0.29) is 20.6 Å². The van der Waals surface area contributed by atoms with E-state index in [4.69, 9.17) is 29.0 Å². The molecule has 0 aromatic heterocycles. The van der Waals surface area contributed by atoms with Crippen LogP contribution in [0.2, 0.25) is 10.0 Å². The summed E-state index contributed by atoms with van der Waals surface area (Å²) in [6.45, 7) is 0.779. The smallest absolute Gasteiger partial charge is 0.268 e. The fraction of sp³-hybridized carbons (Fsp3) is 0.300. The summed E-state index contributed by atoms with van der Waals surface area (Å²) in [7, 11) is 0. The van der Waals surface area contributed by atoms with Gasteiger partial charge in [-0.15, -0.1) is 0 Å². The molecular formula is C10H9Cl2F3N2O. The lowest BCUT2D eigenvalue weighted by molar-refractivity contribution is -0.172. The van der Waals surface area contributed by atoms with E-state index in [1.165, 1.54) is 18.2 Å². The summed E-state index contributed by atoms with van der Waals surface area (Å²) in [5, 5.41) is 0.302. The van der Waals surface area contributed by atoms with Gasteiger partial charge in [-0.2, -0.15) is 13.2 Å². The Bertz CT molecular complexity index is 465. The Morgan fingerprint density at radius 2 is 1.94 bits per heavy atom. The van der Waals surface area contributed by atoms with Crippen LogP contribution in [-0.4, -0.2) is 23.1 Å². The second-order valence-corrected chi connectivity index (χ2v) is 4.40. The summed E-state index contributed by atoms with van der Waals surface area (Å²) < 4.78 is 37.2. The molecule has 0 aliphatic carbocycles. The van der Waals surface area contributed by atoms with E-state index in [0.29, 0.717) is 0 Å². The first kappa shape index (κ1) is 15.1. The van der Waals surface area contributed by atoms with Gasteiger partial charge in [0.2, 0.25) is 0 Å². The zero-order chi connectivity index (χ0) is 14.1. The van der Waals surface area contributed by atoms with Crippen LogP contribution in [0.25, 0.3) is 0 Å². The molecule has 100 valence electrons. The van der Waals surface area contributed by atoms with E-state index in [1.54, 1.807) is 0 Å². The molecule has 0 aliphatic heterocycles. The maximum absolute atomic E-state index is 12.4. The van der Waals surface area contributed by atoms with Gasteiger partial charge >= 0.3 is 6.18 Å². The molecule has 1 aromatic carbocycles. The minimum atomic E-state index is -4.61. The van der Waals surface area contributed by atoms with Crippen LogP contribution in [-0.2, 0) is 0 Å². The van der Waals surface area contributed by atoms with Crippen molar-refractivity contribution in [3.8, 4) is 0 Å². The molecule has 1 amide bonds. The van der Waals surface area contributed by atoms with E-state index in [2.05, 4.69) is 0 Å². The van der Waals surface area contributed by atoms with Crippen molar-refractivity contribution in [2.75, 3.05) is 0 Å². The Balaban J connectivity index is 3.00. The highest BCUT2D eigenvalue weighted by Gasteiger charge is 2.41. The van der Waals surface area contributed by atoms with Crippen LogP contribution in [0.1, 0.15) is 17.3 Å². The number of halogens is 5. The van der Waals surface area contributed by atoms with Crippen molar-refractivity contribution in [2.24, 2.45) is 5.84 Å². The first-order chi connectivity index (χ1) is 8.14. The lowest BCUT2D eigenvalue weighted by atomic mass is 10.2. The molecule has 1 atom stereocenters. The highest BCUT2D eigenvalue weighted by Crippen LogP contribution is 2.26. The summed E-state index contributed by atoms with van der Waals surface area (Å²) in [5.74, 6) is 4.13. The van der Waals surface area contributed by atoms with Crippen molar-refractivity contribution in [2.45, 2.75) is 19.1 Å². The van der Waals surface area contributed by atoms with Crippen LogP contribution in [0, 0.1) is 0 Å². The highest BCUT2D eigenvalue weighted by molar-refractivity contribution is 6.36. The number of amides is 1. The Kier molecular flexibility index (Phi) is 4.47. The summed E-state index contributed by atoms with van der Waals surface area (Å²) in [6, 6.07) is 1.70. The fourth-order valence-electron chi connectivity index (χ4n) is 1.14. The van der Waals surface area contributed by atoms with Gasteiger partial charge in [-0.25, -0.2) is 5.84 Å². The number of carbonyl (C=O) groups excluding carboxylic acids is 1. The SMILES string of the molecule is CC(N(N)C(=O)c1ccc(Cl)cc1Cl)C(F)(F)F. The Labute approximate surface area is 111 Å². The van der Waals surface area contributed by atoms with E-state index < -0.39 is 18.1 Å². The third-order valence-electron chi connectivity index (χ3n) is 2.29. The molecule has 0 radical (unpaired) electrons. The maximum Gasteiger partial charge on any atom is 0.410 e. The van der Waals surface area contributed by atoms with Crippen molar-refractivity contribution in [3.05, 3.63) is 33.8 Å². The maximum atomic E-state index is 12.4. The lowest BCUT2D eigenvalue weighted by Crippen LogP contribution is -2.51. The molecule has 0 spiro atoms. The first-order valence-corrected chi connectivity index (χ1v) is 5.50. The van der Waals surface area contributed by atoms with Crippen LogP contribution >= 0.6 is 23.2 Å². The highest BCUT2D eigenvalue weighted by atomic mass is 35.5. The number of hydrazine groups is 1. The number of alkyl halides is 3. The summed E-state index contributed by atoms with van der Waals surface area (Å²) in [6.07, 6.45) is -4.61. The van der Waals surface area contributed by atoms with Crippen LogP contribution in [0.3, 0.4) is 0 Å². The Morgan fingerprint density at radius 1 is 1.39 bits per heavy atom. The quantitative estimate of drug-likeness (QED) is 0.518. The van der Waals surface area contributed by atoms with Crippen LogP contribution < -0.4 is 5.84 Å². The molecule has 8 heteroatoms. The van der Waals surface area contributed by atoms with Gasteiger partial charge in [0.05, 0.1) is 10.6 Å². The van der Waals surface area contributed by atoms with Crippen molar-refractivity contribution in [1.29, 1.82) is 0 Å². The molecule has 0 saturated heterocycles. The van der Waals surface area contributed by atoms with Crippen molar-refractivity contribution in [1.82, 2.24) is 5.01 Å². The summed E-state index contributed by atoms with van der Waals surface area (Å²) >= 11 is 11.3. The molecule has 1 rings (SSSR count). The number of rotatable bonds is 2. The summed E-state index contributed by atoms with van der Waals surface area (Å²) in [5.41, 5.74) is -0.139. The first-order valence-electron chi connectivity index (χ1n) is 4.74. The van der Waals surface area contributed by atoms with E-state index in [1.807, 2.05) is 0 Å². The van der Waals surface area contributed by atoms with Gasteiger partial charge in [-0.1, -0.05) is 23.2 Å². The molecule has 0 heterocycles. The molecule has 0 bridgehead atoms. The minimum Gasteiger partial charge on any atom is -0.268 e. The number of hydrogen-bond acceptors (Lipinski definition) is 2. The number of nitrogens with two attached hydrogens (primary N) is 1. The van der Waals surface area contributed by atoms with Gasteiger partial charge in [-0.3, -0.25) is 9.80 Å². The zero-order valence-corrected chi connectivity index (χ0v) is 10.6. The fourth-order valence-corrected chi connectivity index (χ4v) is 1.62. The Morgan fingerprint density at radius 3 is 2.39 bits per heavy atom. The number of carbonyl (C=O) groups is 1. The molecular weight excluding hydrogens is 292 g/mol. The van der Waals surface area contributed by atoms with Crippen LogP contribution in [0.5, 0.6) is 0 Å². The normalized spacial score (nSPS) is 13.3. The van der Waals surface area contributed by atoms with Gasteiger partial charge in [0, 0.05) is 5.02 Å². The monoisotopic (exact) mass is 300 g/mol.